The van der Waals surface area contributed by atoms with Gasteiger partial charge in [-0.05, 0) is 30.3 Å². The van der Waals surface area contributed by atoms with Crippen LogP contribution in [0.15, 0.2) is 40.9 Å². The molecule has 0 unspecified atom stereocenters. The summed E-state index contributed by atoms with van der Waals surface area (Å²) >= 11 is 3.39. The molecule has 0 atom stereocenters. The third-order valence-electron chi connectivity index (χ3n) is 3.23. The number of rotatable bonds is 6. The van der Waals surface area contributed by atoms with Gasteiger partial charge in [-0.3, -0.25) is 0 Å². The summed E-state index contributed by atoms with van der Waals surface area (Å²) in [7, 11) is 4.61. The number of benzene rings is 2. The number of carbonyl (C=O) groups is 1. The molecule has 0 spiro atoms. The first-order valence-corrected chi connectivity index (χ1v) is 7.60. The minimum Gasteiger partial charge on any atom is -0.497 e. The molecule has 2 aromatic rings. The molecular weight excluding hydrogens is 364 g/mol. The topological polar surface area (TPSA) is 54.0 Å². The Balaban J connectivity index is 2.15. The first-order chi connectivity index (χ1) is 11.1. The molecular formula is C17H17BrO5. The number of hydrogen-bond acceptors (Lipinski definition) is 5. The molecule has 23 heavy (non-hydrogen) atoms. The Morgan fingerprint density at radius 2 is 1.70 bits per heavy atom. The second kappa shape index (κ2) is 7.87. The molecule has 2 rings (SSSR count). The van der Waals surface area contributed by atoms with Crippen LogP contribution in [0.4, 0.5) is 0 Å². The van der Waals surface area contributed by atoms with Gasteiger partial charge in [0.2, 0.25) is 0 Å². The van der Waals surface area contributed by atoms with Gasteiger partial charge >= 0.3 is 5.97 Å². The lowest BCUT2D eigenvalue weighted by atomic mass is 10.2. The molecule has 0 aromatic heterocycles. The molecule has 0 heterocycles. The van der Waals surface area contributed by atoms with E-state index in [1.165, 1.54) is 7.11 Å². The predicted molar refractivity (Wildman–Crippen MR) is 89.4 cm³/mol. The van der Waals surface area contributed by atoms with Gasteiger partial charge in [-0.1, -0.05) is 15.9 Å². The fourth-order valence-corrected chi connectivity index (χ4v) is 2.46. The van der Waals surface area contributed by atoms with Crippen LogP contribution in [0.25, 0.3) is 0 Å². The molecule has 5 nitrogen and oxygen atoms in total. The van der Waals surface area contributed by atoms with Gasteiger partial charge in [0, 0.05) is 16.1 Å². The maximum Gasteiger partial charge on any atom is 0.342 e. The van der Waals surface area contributed by atoms with Gasteiger partial charge in [-0.2, -0.15) is 0 Å². The third kappa shape index (κ3) is 4.16. The maximum absolute atomic E-state index is 12.3. The van der Waals surface area contributed by atoms with Crippen molar-refractivity contribution < 1.29 is 23.7 Å². The standard InChI is InChI=1S/C17H17BrO5/c1-20-13-5-6-14(16(9-13)22-3)17(19)23-10-11-8-12(18)4-7-15(11)21-2/h4-9H,10H2,1-3H3. The Kier molecular flexibility index (Phi) is 5.87. The molecule has 122 valence electrons. The summed E-state index contributed by atoms with van der Waals surface area (Å²) in [6.45, 7) is 0.0939. The highest BCUT2D eigenvalue weighted by Gasteiger charge is 2.16. The summed E-state index contributed by atoms with van der Waals surface area (Å²) in [6.07, 6.45) is 0. The van der Waals surface area contributed by atoms with Crippen LogP contribution in [0, 0.1) is 0 Å². The van der Waals surface area contributed by atoms with E-state index < -0.39 is 5.97 Å². The smallest absolute Gasteiger partial charge is 0.342 e. The van der Waals surface area contributed by atoms with Crippen molar-refractivity contribution in [2.45, 2.75) is 6.61 Å². The van der Waals surface area contributed by atoms with Crippen LogP contribution in [0.3, 0.4) is 0 Å². The molecule has 0 radical (unpaired) electrons. The van der Waals surface area contributed by atoms with E-state index >= 15 is 0 Å². The molecule has 6 heteroatoms. The molecule has 0 bridgehead atoms. The van der Waals surface area contributed by atoms with Crippen molar-refractivity contribution in [3.05, 3.63) is 52.0 Å². The Bertz CT molecular complexity index is 699. The predicted octanol–water partition coefficient (Wildman–Crippen LogP) is 3.83. The molecule has 0 aliphatic rings. The lowest BCUT2D eigenvalue weighted by Gasteiger charge is -2.12. The first-order valence-electron chi connectivity index (χ1n) is 6.80. The normalized spacial score (nSPS) is 10.1. The van der Waals surface area contributed by atoms with E-state index in [4.69, 9.17) is 18.9 Å². The average Bonchev–Trinajstić information content (AvgIpc) is 2.59. The van der Waals surface area contributed by atoms with E-state index in [1.54, 1.807) is 38.5 Å². The number of esters is 1. The van der Waals surface area contributed by atoms with Crippen LogP contribution in [-0.2, 0) is 11.3 Å². The highest BCUT2D eigenvalue weighted by atomic mass is 79.9. The van der Waals surface area contributed by atoms with Crippen molar-refractivity contribution in [3.63, 3.8) is 0 Å². The van der Waals surface area contributed by atoms with Crippen molar-refractivity contribution in [2.24, 2.45) is 0 Å². The number of halogens is 1. The van der Waals surface area contributed by atoms with E-state index in [9.17, 15) is 4.79 Å². The van der Waals surface area contributed by atoms with Gasteiger partial charge in [0.1, 0.15) is 29.4 Å². The largest absolute Gasteiger partial charge is 0.497 e. The van der Waals surface area contributed by atoms with E-state index in [2.05, 4.69) is 15.9 Å². The monoisotopic (exact) mass is 380 g/mol. The number of carbonyl (C=O) groups excluding carboxylic acids is 1. The summed E-state index contributed by atoms with van der Waals surface area (Å²) in [5.41, 5.74) is 1.10. The van der Waals surface area contributed by atoms with Crippen LogP contribution in [0.5, 0.6) is 17.2 Å². The van der Waals surface area contributed by atoms with Crippen molar-refractivity contribution in [1.29, 1.82) is 0 Å². The minimum atomic E-state index is -0.480. The SMILES string of the molecule is COc1ccc(C(=O)OCc2cc(Br)ccc2OC)c(OC)c1. The second-order valence-corrected chi connectivity index (χ2v) is 5.51. The van der Waals surface area contributed by atoms with Crippen LogP contribution in [0.2, 0.25) is 0 Å². The Labute approximate surface area is 143 Å². The van der Waals surface area contributed by atoms with E-state index in [0.717, 1.165) is 10.0 Å². The lowest BCUT2D eigenvalue weighted by Crippen LogP contribution is -2.08. The molecule has 0 aliphatic carbocycles. The van der Waals surface area contributed by atoms with Crippen LogP contribution in [0.1, 0.15) is 15.9 Å². The van der Waals surface area contributed by atoms with Gasteiger partial charge in [-0.25, -0.2) is 4.79 Å². The van der Waals surface area contributed by atoms with Crippen LogP contribution >= 0.6 is 15.9 Å². The van der Waals surface area contributed by atoms with Gasteiger partial charge in [0.05, 0.1) is 21.3 Å². The summed E-state index contributed by atoms with van der Waals surface area (Å²) in [5, 5.41) is 0. The molecule has 0 amide bonds. The highest BCUT2D eigenvalue weighted by Crippen LogP contribution is 2.27. The molecule has 0 aliphatic heterocycles. The van der Waals surface area contributed by atoms with Crippen molar-refractivity contribution in [1.82, 2.24) is 0 Å². The molecule has 2 aromatic carbocycles. The highest BCUT2D eigenvalue weighted by molar-refractivity contribution is 9.10. The lowest BCUT2D eigenvalue weighted by molar-refractivity contribution is 0.0466. The van der Waals surface area contributed by atoms with E-state index in [-0.39, 0.29) is 6.61 Å². The fraction of sp³-hybridized carbons (Fsp3) is 0.235. The Morgan fingerprint density at radius 1 is 0.957 bits per heavy atom. The number of hydrogen-bond donors (Lipinski definition) is 0. The zero-order valence-electron chi connectivity index (χ0n) is 13.1. The first kappa shape index (κ1) is 17.1. The van der Waals surface area contributed by atoms with Crippen LogP contribution in [-0.4, -0.2) is 27.3 Å². The van der Waals surface area contributed by atoms with Crippen LogP contribution < -0.4 is 14.2 Å². The Morgan fingerprint density at radius 3 is 2.35 bits per heavy atom. The second-order valence-electron chi connectivity index (χ2n) is 4.60. The number of methoxy groups -OCH3 is 3. The average molecular weight is 381 g/mol. The quantitative estimate of drug-likeness (QED) is 0.712. The van der Waals surface area contributed by atoms with Crippen molar-refractivity contribution >= 4 is 21.9 Å². The zero-order valence-corrected chi connectivity index (χ0v) is 14.7. The Hall–Kier alpha value is -2.21. The van der Waals surface area contributed by atoms with Gasteiger partial charge in [0.15, 0.2) is 0 Å². The van der Waals surface area contributed by atoms with E-state index in [0.29, 0.717) is 22.8 Å². The molecule has 0 saturated heterocycles. The van der Waals surface area contributed by atoms with Gasteiger partial charge in [-0.15, -0.1) is 0 Å². The fourth-order valence-electron chi connectivity index (χ4n) is 2.05. The van der Waals surface area contributed by atoms with Gasteiger partial charge < -0.3 is 18.9 Å². The summed E-state index contributed by atoms with van der Waals surface area (Å²) in [4.78, 5) is 12.3. The van der Waals surface area contributed by atoms with E-state index in [1.807, 2.05) is 12.1 Å². The van der Waals surface area contributed by atoms with Gasteiger partial charge in [0.25, 0.3) is 0 Å². The molecule has 0 N–H and O–H groups in total. The maximum atomic E-state index is 12.3. The zero-order chi connectivity index (χ0) is 16.8. The minimum absolute atomic E-state index is 0.0939. The molecule has 0 saturated carbocycles. The summed E-state index contributed by atoms with van der Waals surface area (Å²) in [6, 6.07) is 10.4. The summed E-state index contributed by atoms with van der Waals surface area (Å²) < 4.78 is 21.8. The third-order valence-corrected chi connectivity index (χ3v) is 3.72. The van der Waals surface area contributed by atoms with Crippen molar-refractivity contribution in [3.8, 4) is 17.2 Å². The number of ether oxygens (including phenoxy) is 4. The van der Waals surface area contributed by atoms with Crippen molar-refractivity contribution in [2.75, 3.05) is 21.3 Å². The molecule has 0 fully saturated rings. The summed E-state index contributed by atoms with van der Waals surface area (Å²) in [5.74, 6) is 1.18.